The number of aryl methyl sites for hydroxylation is 1. The van der Waals surface area contributed by atoms with Crippen molar-refractivity contribution in [2.75, 3.05) is 11.1 Å². The zero-order valence-corrected chi connectivity index (χ0v) is 14.7. The third-order valence-corrected chi connectivity index (χ3v) is 4.51. The molecule has 136 valence electrons. The first-order chi connectivity index (χ1) is 11.8. The SMILES string of the molecule is CCCCC(Nc1ccccc1)(c1cc(CC)ccc1N)C(F)(F)F. The van der Waals surface area contributed by atoms with E-state index in [2.05, 4.69) is 5.32 Å². The molecule has 2 nitrogen and oxygen atoms in total. The monoisotopic (exact) mass is 350 g/mol. The quantitative estimate of drug-likeness (QED) is 0.611. The molecule has 0 radical (unpaired) electrons. The van der Waals surface area contributed by atoms with Gasteiger partial charge in [-0.05, 0) is 36.6 Å². The zero-order chi connectivity index (χ0) is 18.5. The molecule has 0 amide bonds. The number of nitrogens with one attached hydrogen (secondary N) is 1. The van der Waals surface area contributed by atoms with Crippen LogP contribution in [0.2, 0.25) is 0 Å². The molecule has 25 heavy (non-hydrogen) atoms. The van der Waals surface area contributed by atoms with Crippen molar-refractivity contribution in [1.29, 1.82) is 0 Å². The Morgan fingerprint density at radius 2 is 1.68 bits per heavy atom. The molecule has 2 aromatic carbocycles. The summed E-state index contributed by atoms with van der Waals surface area (Å²) in [6.07, 6.45) is -2.80. The molecular formula is C20H25F3N2. The lowest BCUT2D eigenvalue weighted by atomic mass is 9.81. The predicted octanol–water partition coefficient (Wildman–Crippen LogP) is 5.89. The predicted molar refractivity (Wildman–Crippen MR) is 97.6 cm³/mol. The van der Waals surface area contributed by atoms with Gasteiger partial charge in [-0.2, -0.15) is 13.2 Å². The molecule has 0 saturated carbocycles. The summed E-state index contributed by atoms with van der Waals surface area (Å²) >= 11 is 0. The van der Waals surface area contributed by atoms with Crippen molar-refractivity contribution in [3.8, 4) is 0 Å². The number of hydrogen-bond acceptors (Lipinski definition) is 2. The molecule has 0 fully saturated rings. The largest absolute Gasteiger partial charge is 0.415 e. The maximum Gasteiger partial charge on any atom is 0.415 e. The van der Waals surface area contributed by atoms with Crippen LogP contribution in [-0.4, -0.2) is 6.18 Å². The molecule has 0 aliphatic carbocycles. The van der Waals surface area contributed by atoms with Gasteiger partial charge in [0.15, 0.2) is 5.54 Å². The van der Waals surface area contributed by atoms with Crippen molar-refractivity contribution < 1.29 is 13.2 Å². The lowest BCUT2D eigenvalue weighted by Gasteiger charge is -2.39. The van der Waals surface area contributed by atoms with Gasteiger partial charge in [-0.25, -0.2) is 0 Å². The third-order valence-electron chi connectivity index (χ3n) is 4.51. The van der Waals surface area contributed by atoms with E-state index in [0.717, 1.165) is 5.56 Å². The van der Waals surface area contributed by atoms with Crippen molar-refractivity contribution in [1.82, 2.24) is 0 Å². The van der Waals surface area contributed by atoms with E-state index >= 15 is 0 Å². The van der Waals surface area contributed by atoms with Crippen molar-refractivity contribution in [3.63, 3.8) is 0 Å². The Morgan fingerprint density at radius 1 is 1.00 bits per heavy atom. The maximum absolute atomic E-state index is 14.4. The summed E-state index contributed by atoms with van der Waals surface area (Å²) in [7, 11) is 0. The highest BCUT2D eigenvalue weighted by molar-refractivity contribution is 5.58. The topological polar surface area (TPSA) is 38.0 Å². The number of alkyl halides is 3. The average Bonchev–Trinajstić information content (AvgIpc) is 2.59. The lowest BCUT2D eigenvalue weighted by Crippen LogP contribution is -2.49. The number of hydrogen-bond donors (Lipinski definition) is 2. The first kappa shape index (κ1) is 19.2. The number of unbranched alkanes of at least 4 members (excludes halogenated alkanes) is 1. The van der Waals surface area contributed by atoms with Crippen molar-refractivity contribution in [2.45, 2.75) is 51.2 Å². The van der Waals surface area contributed by atoms with E-state index in [1.165, 1.54) is 0 Å². The van der Waals surface area contributed by atoms with E-state index in [4.69, 9.17) is 5.73 Å². The second kappa shape index (κ2) is 7.81. The molecule has 1 atom stereocenters. The van der Waals surface area contributed by atoms with Gasteiger partial charge < -0.3 is 11.1 Å². The molecule has 0 heterocycles. The minimum Gasteiger partial charge on any atom is -0.398 e. The van der Waals surface area contributed by atoms with E-state index in [1.54, 1.807) is 48.5 Å². The number of rotatable bonds is 7. The second-order valence-electron chi connectivity index (χ2n) is 6.27. The Balaban J connectivity index is 2.64. The summed E-state index contributed by atoms with van der Waals surface area (Å²) in [5, 5.41) is 2.77. The van der Waals surface area contributed by atoms with Gasteiger partial charge in [-0.1, -0.05) is 57.0 Å². The molecule has 0 aromatic heterocycles. The van der Waals surface area contributed by atoms with E-state index in [0.29, 0.717) is 24.9 Å². The van der Waals surface area contributed by atoms with Crippen LogP contribution in [0.4, 0.5) is 24.5 Å². The number of nitrogens with two attached hydrogens (primary N) is 1. The summed E-state index contributed by atoms with van der Waals surface area (Å²) in [4.78, 5) is 0. The van der Waals surface area contributed by atoms with Crippen LogP contribution >= 0.6 is 0 Å². The van der Waals surface area contributed by atoms with Crippen LogP contribution in [0.25, 0.3) is 0 Å². The van der Waals surface area contributed by atoms with Crippen LogP contribution in [0, 0.1) is 0 Å². The van der Waals surface area contributed by atoms with Gasteiger partial charge in [0.05, 0.1) is 0 Å². The molecule has 3 N–H and O–H groups in total. The highest BCUT2D eigenvalue weighted by Gasteiger charge is 2.56. The normalized spacial score (nSPS) is 14.1. The number of para-hydroxylation sites is 1. The van der Waals surface area contributed by atoms with Crippen molar-refractivity contribution in [3.05, 3.63) is 59.7 Å². The van der Waals surface area contributed by atoms with E-state index in [9.17, 15) is 13.2 Å². The van der Waals surface area contributed by atoms with Crippen molar-refractivity contribution >= 4 is 11.4 Å². The van der Waals surface area contributed by atoms with Gasteiger partial charge in [-0.3, -0.25) is 0 Å². The first-order valence-corrected chi connectivity index (χ1v) is 8.63. The Bertz CT molecular complexity index is 683. The van der Waals surface area contributed by atoms with Crippen LogP contribution in [0.15, 0.2) is 48.5 Å². The highest BCUT2D eigenvalue weighted by Crippen LogP contribution is 2.47. The van der Waals surface area contributed by atoms with E-state index in [1.807, 2.05) is 13.8 Å². The van der Waals surface area contributed by atoms with Gasteiger partial charge in [-0.15, -0.1) is 0 Å². The van der Waals surface area contributed by atoms with Crippen LogP contribution in [0.1, 0.15) is 44.2 Å². The molecule has 0 saturated heterocycles. The fraction of sp³-hybridized carbons (Fsp3) is 0.400. The Labute approximate surface area is 147 Å². The minimum absolute atomic E-state index is 0.0702. The summed E-state index contributed by atoms with van der Waals surface area (Å²) in [5.74, 6) is 0. The van der Waals surface area contributed by atoms with Gasteiger partial charge >= 0.3 is 6.18 Å². The van der Waals surface area contributed by atoms with E-state index < -0.39 is 11.7 Å². The van der Waals surface area contributed by atoms with Crippen LogP contribution in [-0.2, 0) is 12.0 Å². The Morgan fingerprint density at radius 3 is 2.24 bits per heavy atom. The Kier molecular flexibility index (Phi) is 5.98. The van der Waals surface area contributed by atoms with E-state index in [-0.39, 0.29) is 17.7 Å². The molecule has 1 unspecified atom stereocenters. The first-order valence-electron chi connectivity index (χ1n) is 8.63. The highest BCUT2D eigenvalue weighted by atomic mass is 19.4. The molecule has 5 heteroatoms. The molecule has 0 spiro atoms. The van der Waals surface area contributed by atoms with Gasteiger partial charge in [0.1, 0.15) is 0 Å². The summed E-state index contributed by atoms with van der Waals surface area (Å²) in [5.41, 5.74) is 5.34. The summed E-state index contributed by atoms with van der Waals surface area (Å²) < 4.78 is 43.1. The number of nitrogen functional groups attached to an aromatic ring is 1. The maximum atomic E-state index is 14.4. The number of halogens is 3. The molecular weight excluding hydrogens is 325 g/mol. The molecule has 0 bridgehead atoms. The average molecular weight is 350 g/mol. The summed E-state index contributed by atoms with van der Waals surface area (Å²) in [6.45, 7) is 3.80. The number of benzene rings is 2. The molecule has 0 aliphatic heterocycles. The fourth-order valence-corrected chi connectivity index (χ4v) is 3.03. The van der Waals surface area contributed by atoms with Gasteiger partial charge in [0.25, 0.3) is 0 Å². The van der Waals surface area contributed by atoms with Crippen LogP contribution < -0.4 is 11.1 Å². The zero-order valence-electron chi connectivity index (χ0n) is 14.7. The second-order valence-corrected chi connectivity index (χ2v) is 6.27. The smallest absolute Gasteiger partial charge is 0.398 e. The standard InChI is InChI=1S/C20H25F3N2/c1-3-5-13-19(20(21,22)23,25-16-9-7-6-8-10-16)17-14-15(4-2)11-12-18(17)24/h6-12,14,25H,3-5,13,24H2,1-2H3. The van der Waals surface area contributed by atoms with Crippen LogP contribution in [0.5, 0.6) is 0 Å². The molecule has 2 rings (SSSR count). The lowest BCUT2D eigenvalue weighted by molar-refractivity contribution is -0.184. The molecule has 2 aromatic rings. The number of anilines is 2. The van der Waals surface area contributed by atoms with Gasteiger partial charge in [0, 0.05) is 16.9 Å². The fourth-order valence-electron chi connectivity index (χ4n) is 3.03. The van der Waals surface area contributed by atoms with Crippen LogP contribution in [0.3, 0.4) is 0 Å². The Hall–Kier alpha value is -2.17. The summed E-state index contributed by atoms with van der Waals surface area (Å²) in [6, 6.07) is 13.4. The van der Waals surface area contributed by atoms with Gasteiger partial charge in [0.2, 0.25) is 0 Å². The molecule has 0 aliphatic rings. The minimum atomic E-state index is -4.49. The van der Waals surface area contributed by atoms with Crippen molar-refractivity contribution in [2.24, 2.45) is 0 Å². The third kappa shape index (κ3) is 4.09.